The largest absolute Gasteiger partial charge is 0.493 e. The molecule has 0 radical (unpaired) electrons. The minimum Gasteiger partial charge on any atom is -0.493 e. The van der Waals surface area contributed by atoms with E-state index in [0.717, 1.165) is 44.6 Å². The molecule has 0 amide bonds. The highest BCUT2D eigenvalue weighted by atomic mass is 32.2. The van der Waals surface area contributed by atoms with Gasteiger partial charge in [0.15, 0.2) is 11.5 Å². The van der Waals surface area contributed by atoms with Gasteiger partial charge in [-0.25, -0.2) is 4.99 Å². The van der Waals surface area contributed by atoms with Crippen LogP contribution in [-0.2, 0) is 17.6 Å². The van der Waals surface area contributed by atoms with E-state index in [9.17, 15) is 4.79 Å². The topological polar surface area (TPSA) is 80.6 Å². The molecule has 1 N–H and O–H groups in total. The number of aliphatic imine (C=N–C) groups is 1. The number of ether oxygens (including phenoxy) is 3. The zero-order valence-electron chi connectivity index (χ0n) is 20.4. The number of methoxy groups -OCH3 is 3. The van der Waals surface area contributed by atoms with Crippen molar-refractivity contribution in [3.8, 4) is 17.2 Å². The number of thiocarbonyl (C=S) groups is 1. The van der Waals surface area contributed by atoms with Gasteiger partial charge in [0, 0.05) is 36.5 Å². The third-order valence-corrected chi connectivity index (χ3v) is 7.22. The Labute approximate surface area is 220 Å². The first kappa shape index (κ1) is 25.8. The summed E-state index contributed by atoms with van der Waals surface area (Å²) < 4.78 is 17.2. The number of hydrogen-bond acceptors (Lipinski definition) is 8. The van der Waals surface area contributed by atoms with Gasteiger partial charge in [-0.15, -0.1) is 0 Å². The van der Waals surface area contributed by atoms with Gasteiger partial charge in [-0.2, -0.15) is 0 Å². The lowest BCUT2D eigenvalue weighted by atomic mass is 10.0. The van der Waals surface area contributed by atoms with E-state index in [2.05, 4.69) is 24.3 Å². The van der Waals surface area contributed by atoms with Crippen molar-refractivity contribution in [3.63, 3.8) is 0 Å². The van der Waals surface area contributed by atoms with Gasteiger partial charge in [0.25, 0.3) is 0 Å². The number of nitrogens with zero attached hydrogens (tertiary/aromatic N) is 2. The Morgan fingerprint density at radius 3 is 2.28 bits per heavy atom. The van der Waals surface area contributed by atoms with Gasteiger partial charge in [-0.1, -0.05) is 36.1 Å². The van der Waals surface area contributed by atoms with E-state index in [1.807, 2.05) is 29.4 Å². The Morgan fingerprint density at radius 2 is 1.67 bits per heavy atom. The number of thioether (sulfide) groups is 1. The molecule has 7 nitrogen and oxygen atoms in total. The van der Waals surface area contributed by atoms with Gasteiger partial charge >= 0.3 is 5.97 Å². The highest BCUT2D eigenvalue weighted by molar-refractivity contribution is 8.34. The Kier molecular flexibility index (Phi) is 8.32. The second-order valence-corrected chi connectivity index (χ2v) is 10.2. The average molecular weight is 525 g/mol. The first-order valence-corrected chi connectivity index (χ1v) is 12.7. The van der Waals surface area contributed by atoms with Crippen molar-refractivity contribution >= 4 is 44.9 Å². The highest BCUT2D eigenvalue weighted by Crippen LogP contribution is 2.38. The maximum Gasteiger partial charge on any atom is 0.303 e. The quantitative estimate of drug-likeness (QED) is 0.393. The SMILES string of the molecule is COc1cc(CCc2ccc(N3C=C(CCC(=O)O)N=C4SC(=S)CC4=C3)cc2)cc(OC)c1OC. The van der Waals surface area contributed by atoms with Crippen LogP contribution in [0, 0.1) is 0 Å². The van der Waals surface area contributed by atoms with Crippen LogP contribution in [0.4, 0.5) is 5.69 Å². The van der Waals surface area contributed by atoms with Crippen molar-refractivity contribution in [1.29, 1.82) is 0 Å². The number of aliphatic carboxylic acids is 1. The lowest BCUT2D eigenvalue weighted by Gasteiger charge is -2.17. The van der Waals surface area contributed by atoms with Crippen LogP contribution in [0.2, 0.25) is 0 Å². The molecule has 0 unspecified atom stereocenters. The Hall–Kier alpha value is -3.30. The van der Waals surface area contributed by atoms with E-state index >= 15 is 0 Å². The normalized spacial score (nSPS) is 14.9. The summed E-state index contributed by atoms with van der Waals surface area (Å²) in [6.45, 7) is 0. The molecular formula is C27H28N2O5S2. The molecule has 2 aromatic carbocycles. The van der Waals surface area contributed by atoms with Crippen LogP contribution < -0.4 is 19.1 Å². The Bertz CT molecular complexity index is 1230. The molecule has 36 heavy (non-hydrogen) atoms. The van der Waals surface area contributed by atoms with Crippen molar-refractivity contribution < 1.29 is 24.1 Å². The molecule has 0 aromatic heterocycles. The van der Waals surface area contributed by atoms with E-state index in [-0.39, 0.29) is 6.42 Å². The maximum absolute atomic E-state index is 11.1. The number of carboxylic acids is 1. The zero-order chi connectivity index (χ0) is 25.7. The van der Waals surface area contributed by atoms with Crippen LogP contribution >= 0.6 is 24.0 Å². The number of hydrogen-bond donors (Lipinski definition) is 1. The first-order chi connectivity index (χ1) is 17.4. The molecule has 188 valence electrons. The predicted molar refractivity (Wildman–Crippen MR) is 148 cm³/mol. The number of rotatable bonds is 10. The van der Waals surface area contributed by atoms with Crippen LogP contribution in [0.15, 0.2) is 65.1 Å². The maximum atomic E-state index is 11.1. The Balaban J connectivity index is 1.51. The minimum atomic E-state index is -0.842. The summed E-state index contributed by atoms with van der Waals surface area (Å²) in [5, 5.41) is 9.99. The summed E-state index contributed by atoms with van der Waals surface area (Å²) in [5.41, 5.74) is 5.04. The number of anilines is 1. The molecule has 4 rings (SSSR count). The fraction of sp³-hybridized carbons (Fsp3) is 0.296. The fourth-order valence-electron chi connectivity index (χ4n) is 4.07. The molecule has 2 aliphatic rings. The van der Waals surface area contributed by atoms with Crippen LogP contribution in [0.5, 0.6) is 17.2 Å². The van der Waals surface area contributed by atoms with E-state index in [1.54, 1.807) is 21.3 Å². The van der Waals surface area contributed by atoms with Crippen molar-refractivity contribution in [1.82, 2.24) is 0 Å². The molecule has 2 aromatic rings. The van der Waals surface area contributed by atoms with Gasteiger partial charge in [0.05, 0.1) is 37.6 Å². The third kappa shape index (κ3) is 6.09. The summed E-state index contributed by atoms with van der Waals surface area (Å²) >= 11 is 6.88. The van der Waals surface area contributed by atoms with Crippen molar-refractivity contribution in [2.75, 3.05) is 26.2 Å². The number of carboxylic acid groups (broad SMARTS) is 1. The van der Waals surface area contributed by atoms with E-state index in [0.29, 0.717) is 30.1 Å². The predicted octanol–water partition coefficient (Wildman–Crippen LogP) is 5.77. The summed E-state index contributed by atoms with van der Waals surface area (Å²) in [5.74, 6) is 1.04. The van der Waals surface area contributed by atoms with Crippen molar-refractivity contribution in [3.05, 3.63) is 71.2 Å². The lowest BCUT2D eigenvalue weighted by molar-refractivity contribution is -0.136. The van der Waals surface area contributed by atoms with Gasteiger partial charge in [-0.05, 0) is 48.2 Å². The number of allylic oxidation sites excluding steroid dienone is 1. The molecule has 2 heterocycles. The van der Waals surface area contributed by atoms with Gasteiger partial charge in [-0.3, -0.25) is 4.79 Å². The molecule has 2 aliphatic heterocycles. The smallest absolute Gasteiger partial charge is 0.303 e. The number of aryl methyl sites for hydroxylation is 2. The molecule has 9 heteroatoms. The molecule has 0 atom stereocenters. The summed E-state index contributed by atoms with van der Waals surface area (Å²) in [7, 11) is 4.83. The van der Waals surface area contributed by atoms with E-state index < -0.39 is 5.97 Å². The summed E-state index contributed by atoms with van der Waals surface area (Å²) in [4.78, 5) is 17.8. The van der Waals surface area contributed by atoms with Gasteiger partial charge in [0.2, 0.25) is 5.75 Å². The van der Waals surface area contributed by atoms with E-state index in [4.69, 9.17) is 36.5 Å². The fourth-order valence-corrected chi connectivity index (χ4v) is 5.32. The summed E-state index contributed by atoms with van der Waals surface area (Å²) in [6, 6.07) is 12.3. The van der Waals surface area contributed by atoms with Crippen LogP contribution in [0.3, 0.4) is 0 Å². The van der Waals surface area contributed by atoms with E-state index in [1.165, 1.54) is 17.3 Å². The van der Waals surface area contributed by atoms with Gasteiger partial charge in [0.1, 0.15) is 5.04 Å². The third-order valence-electron chi connectivity index (χ3n) is 5.90. The highest BCUT2D eigenvalue weighted by Gasteiger charge is 2.25. The average Bonchev–Trinajstić information content (AvgIpc) is 3.13. The lowest BCUT2D eigenvalue weighted by Crippen LogP contribution is -2.09. The minimum absolute atomic E-state index is 0.0285. The number of carbonyl (C=O) groups is 1. The van der Waals surface area contributed by atoms with Crippen molar-refractivity contribution in [2.24, 2.45) is 4.99 Å². The van der Waals surface area contributed by atoms with Crippen molar-refractivity contribution in [2.45, 2.75) is 32.1 Å². The molecule has 0 spiro atoms. The summed E-state index contributed by atoms with van der Waals surface area (Å²) in [6.07, 6.45) is 6.69. The molecular weight excluding hydrogens is 496 g/mol. The molecule has 0 aliphatic carbocycles. The number of benzene rings is 2. The van der Waals surface area contributed by atoms with Crippen LogP contribution in [0.1, 0.15) is 30.4 Å². The first-order valence-electron chi connectivity index (χ1n) is 11.5. The van der Waals surface area contributed by atoms with Crippen LogP contribution in [-0.4, -0.2) is 41.6 Å². The molecule has 0 saturated carbocycles. The molecule has 1 fully saturated rings. The van der Waals surface area contributed by atoms with Crippen LogP contribution in [0.25, 0.3) is 0 Å². The second-order valence-electron chi connectivity index (χ2n) is 8.34. The zero-order valence-corrected chi connectivity index (χ0v) is 22.1. The van der Waals surface area contributed by atoms with Gasteiger partial charge < -0.3 is 24.2 Å². The number of fused-ring (bicyclic) bond motifs is 1. The monoisotopic (exact) mass is 524 g/mol. The second kappa shape index (κ2) is 11.6. The molecule has 1 saturated heterocycles. The molecule has 0 bridgehead atoms. The standard InChI is InChI=1S/C27H28N2O5S2/c1-32-22-12-18(13-23(33-2)26(22)34-3)5-4-17-6-9-21(10-7-17)29-15-19-14-25(35)36-27(19)28-20(16-29)8-11-24(30)31/h6-7,9-10,12-13,15-16H,4-5,8,11,14H2,1-3H3,(H,30,31). The Morgan fingerprint density at radius 1 is 1.00 bits per heavy atom.